The van der Waals surface area contributed by atoms with E-state index in [1.807, 2.05) is 11.9 Å². The Balaban J connectivity index is 1.61. The van der Waals surface area contributed by atoms with Crippen LogP contribution in [-0.4, -0.2) is 54.2 Å². The molecule has 1 saturated carbocycles. The summed E-state index contributed by atoms with van der Waals surface area (Å²) >= 11 is 1.46. The molecule has 118 valence electrons. The van der Waals surface area contributed by atoms with Gasteiger partial charge in [-0.05, 0) is 18.8 Å². The van der Waals surface area contributed by atoms with Crippen molar-refractivity contribution in [1.29, 1.82) is 0 Å². The van der Waals surface area contributed by atoms with Crippen molar-refractivity contribution in [3.8, 4) is 0 Å². The number of thioether (sulfide) groups is 1. The number of aliphatic imine (C=N–C) groups is 1. The van der Waals surface area contributed by atoms with Gasteiger partial charge in [-0.1, -0.05) is 31.0 Å². The molecule has 7 heteroatoms. The molecule has 0 N–H and O–H groups in total. The zero-order chi connectivity index (χ0) is 15.0. The summed E-state index contributed by atoms with van der Waals surface area (Å²) in [6, 6.07) is -0.0127. The Hall–Kier alpha value is -0.560. The second kappa shape index (κ2) is 5.91. The second-order valence-corrected chi connectivity index (χ2v) is 9.77. The lowest BCUT2D eigenvalue weighted by Crippen LogP contribution is -2.34. The highest BCUT2D eigenvalue weighted by Gasteiger charge is 2.47. The van der Waals surface area contributed by atoms with Crippen molar-refractivity contribution in [1.82, 2.24) is 4.90 Å². The lowest BCUT2D eigenvalue weighted by molar-refractivity contribution is -0.118. The molecule has 0 bridgehead atoms. The van der Waals surface area contributed by atoms with Gasteiger partial charge in [-0.2, -0.15) is 4.99 Å². The van der Waals surface area contributed by atoms with Gasteiger partial charge in [0, 0.05) is 18.7 Å². The first-order valence-corrected chi connectivity index (χ1v) is 10.4. The van der Waals surface area contributed by atoms with Gasteiger partial charge in [0.1, 0.15) is 0 Å². The fourth-order valence-corrected chi connectivity index (χ4v) is 7.54. The maximum absolute atomic E-state index is 12.1. The predicted molar refractivity (Wildman–Crippen MR) is 85.2 cm³/mol. The smallest absolute Gasteiger partial charge is 0.248 e. The first-order valence-electron chi connectivity index (χ1n) is 7.66. The fourth-order valence-electron chi connectivity index (χ4n) is 3.53. The molecule has 2 saturated heterocycles. The molecule has 2 atom stereocenters. The van der Waals surface area contributed by atoms with E-state index in [1.54, 1.807) is 0 Å². The molecule has 0 aromatic heterocycles. The molecule has 3 aliphatic rings. The zero-order valence-electron chi connectivity index (χ0n) is 12.3. The molecule has 1 amide bonds. The molecular formula is C14H22N2O3S2. The second-order valence-electron chi connectivity index (χ2n) is 6.41. The molecule has 2 heterocycles. The summed E-state index contributed by atoms with van der Waals surface area (Å²) in [7, 11) is -1.06. The van der Waals surface area contributed by atoms with Crippen LogP contribution in [-0.2, 0) is 14.6 Å². The normalized spacial score (nSPS) is 34.3. The van der Waals surface area contributed by atoms with Crippen LogP contribution in [0.5, 0.6) is 0 Å². The van der Waals surface area contributed by atoms with Gasteiger partial charge in [-0.3, -0.25) is 4.79 Å². The van der Waals surface area contributed by atoms with Crippen LogP contribution in [0.2, 0.25) is 0 Å². The molecule has 1 aliphatic carbocycles. The number of carbonyl (C=O) groups excluding carboxylic acids is 1. The van der Waals surface area contributed by atoms with Gasteiger partial charge >= 0.3 is 0 Å². The molecule has 3 fully saturated rings. The summed E-state index contributed by atoms with van der Waals surface area (Å²) in [5, 5.41) is 0.752. The Labute approximate surface area is 130 Å². The number of amides is 1. The number of hydrogen-bond acceptors (Lipinski definition) is 4. The van der Waals surface area contributed by atoms with Crippen LogP contribution in [0.15, 0.2) is 4.99 Å². The van der Waals surface area contributed by atoms with Gasteiger partial charge < -0.3 is 4.90 Å². The Bertz CT molecular complexity index is 553. The zero-order valence-corrected chi connectivity index (χ0v) is 14.0. The van der Waals surface area contributed by atoms with Gasteiger partial charge in [-0.25, -0.2) is 8.42 Å². The number of fused-ring (bicyclic) bond motifs is 1. The van der Waals surface area contributed by atoms with Crippen molar-refractivity contribution in [2.24, 2.45) is 10.9 Å². The third-order valence-corrected chi connectivity index (χ3v) is 8.04. The van der Waals surface area contributed by atoms with Crippen LogP contribution < -0.4 is 0 Å². The maximum Gasteiger partial charge on any atom is 0.248 e. The van der Waals surface area contributed by atoms with E-state index in [2.05, 4.69) is 4.99 Å². The highest BCUT2D eigenvalue weighted by molar-refractivity contribution is 8.15. The standard InChI is InChI=1S/C14H22N2O3S2/c1-16-11-8-21(18,19)9-12(11)20-14(16)15-13(17)7-10-5-3-2-4-6-10/h10-12H,2-9H2,1H3. The lowest BCUT2D eigenvalue weighted by atomic mass is 9.87. The van der Waals surface area contributed by atoms with E-state index in [9.17, 15) is 13.2 Å². The average molecular weight is 330 g/mol. The Morgan fingerprint density at radius 1 is 1.29 bits per heavy atom. The maximum atomic E-state index is 12.1. The average Bonchev–Trinajstić information content (AvgIpc) is 2.85. The summed E-state index contributed by atoms with van der Waals surface area (Å²) < 4.78 is 23.3. The topological polar surface area (TPSA) is 66.8 Å². The highest BCUT2D eigenvalue weighted by atomic mass is 32.2. The predicted octanol–water partition coefficient (Wildman–Crippen LogP) is 1.68. The van der Waals surface area contributed by atoms with Crippen molar-refractivity contribution in [3.05, 3.63) is 0 Å². The monoisotopic (exact) mass is 330 g/mol. The molecule has 0 spiro atoms. The van der Waals surface area contributed by atoms with Gasteiger partial charge in [0.2, 0.25) is 5.91 Å². The number of sulfone groups is 1. The summed E-state index contributed by atoms with van der Waals surface area (Å²) in [5.74, 6) is 0.853. The summed E-state index contributed by atoms with van der Waals surface area (Å²) in [6.45, 7) is 0. The molecule has 5 nitrogen and oxygen atoms in total. The van der Waals surface area contributed by atoms with E-state index in [0.717, 1.165) is 12.8 Å². The van der Waals surface area contributed by atoms with Crippen LogP contribution >= 0.6 is 11.8 Å². The van der Waals surface area contributed by atoms with Gasteiger partial charge in [0.05, 0.1) is 17.5 Å². The van der Waals surface area contributed by atoms with Crippen molar-refractivity contribution >= 4 is 32.7 Å². The molecular weight excluding hydrogens is 308 g/mol. The van der Waals surface area contributed by atoms with Crippen LogP contribution in [0.4, 0.5) is 0 Å². The summed E-state index contributed by atoms with van der Waals surface area (Å²) in [5.41, 5.74) is 0. The minimum atomic E-state index is -2.92. The number of rotatable bonds is 2. The molecule has 0 radical (unpaired) electrons. The van der Waals surface area contributed by atoms with E-state index >= 15 is 0 Å². The first kappa shape index (κ1) is 15.3. The molecule has 0 aromatic carbocycles. The third kappa shape index (κ3) is 3.44. The van der Waals surface area contributed by atoms with Gasteiger partial charge in [-0.15, -0.1) is 0 Å². The first-order chi connectivity index (χ1) is 9.94. The number of nitrogens with zero attached hydrogens (tertiary/aromatic N) is 2. The van der Waals surface area contributed by atoms with Crippen LogP contribution in [0.1, 0.15) is 38.5 Å². The van der Waals surface area contributed by atoms with Gasteiger partial charge in [0.15, 0.2) is 15.0 Å². The Kier molecular flexibility index (Phi) is 4.32. The van der Waals surface area contributed by atoms with E-state index in [0.29, 0.717) is 17.5 Å². The number of carbonyl (C=O) groups is 1. The lowest BCUT2D eigenvalue weighted by Gasteiger charge is -2.20. The van der Waals surface area contributed by atoms with E-state index in [-0.39, 0.29) is 28.7 Å². The SMILES string of the molecule is CN1C(=NC(=O)CC2CCCCC2)SC2CS(=O)(=O)CC21. The fraction of sp³-hybridized carbons (Fsp3) is 0.857. The minimum absolute atomic E-state index is 0.0127. The van der Waals surface area contributed by atoms with Crippen molar-refractivity contribution < 1.29 is 13.2 Å². The van der Waals surface area contributed by atoms with E-state index < -0.39 is 9.84 Å². The van der Waals surface area contributed by atoms with Gasteiger partial charge in [0.25, 0.3) is 0 Å². The van der Waals surface area contributed by atoms with E-state index in [1.165, 1.54) is 31.0 Å². The highest BCUT2D eigenvalue weighted by Crippen LogP contribution is 2.37. The van der Waals surface area contributed by atoms with Crippen LogP contribution in [0.3, 0.4) is 0 Å². The van der Waals surface area contributed by atoms with Crippen molar-refractivity contribution in [2.45, 2.75) is 49.8 Å². The Morgan fingerprint density at radius 2 is 2.00 bits per heavy atom. The summed E-state index contributed by atoms with van der Waals surface area (Å²) in [4.78, 5) is 18.3. The molecule has 2 aliphatic heterocycles. The third-order valence-electron chi connectivity index (χ3n) is 4.74. The summed E-state index contributed by atoms with van der Waals surface area (Å²) in [6.07, 6.45) is 6.57. The van der Waals surface area contributed by atoms with E-state index in [4.69, 9.17) is 0 Å². The van der Waals surface area contributed by atoms with Crippen LogP contribution in [0, 0.1) is 5.92 Å². The number of amidine groups is 1. The molecule has 3 rings (SSSR count). The van der Waals surface area contributed by atoms with Crippen molar-refractivity contribution in [3.63, 3.8) is 0 Å². The Morgan fingerprint density at radius 3 is 2.67 bits per heavy atom. The van der Waals surface area contributed by atoms with Crippen molar-refractivity contribution in [2.75, 3.05) is 18.6 Å². The minimum Gasteiger partial charge on any atom is -0.349 e. The van der Waals surface area contributed by atoms with Crippen LogP contribution in [0.25, 0.3) is 0 Å². The largest absolute Gasteiger partial charge is 0.349 e. The molecule has 2 unspecified atom stereocenters. The quantitative estimate of drug-likeness (QED) is 0.771. The molecule has 0 aromatic rings. The number of hydrogen-bond donors (Lipinski definition) is 0. The molecule has 21 heavy (non-hydrogen) atoms.